The number of hydrogen-bond donors (Lipinski definition) is 2. The Balaban J connectivity index is 1.24. The van der Waals surface area contributed by atoms with Crippen molar-refractivity contribution >= 4 is 5.91 Å². The van der Waals surface area contributed by atoms with E-state index in [0.717, 1.165) is 24.4 Å². The lowest BCUT2D eigenvalue weighted by atomic mass is 9.94. The van der Waals surface area contributed by atoms with Crippen molar-refractivity contribution in [2.24, 2.45) is 0 Å². The molecule has 2 saturated carbocycles. The van der Waals surface area contributed by atoms with Crippen molar-refractivity contribution in [1.29, 1.82) is 0 Å². The zero-order chi connectivity index (χ0) is 22.6. The first-order chi connectivity index (χ1) is 16.0. The Hall–Kier alpha value is -3.25. The summed E-state index contributed by atoms with van der Waals surface area (Å²) >= 11 is 0. The molecule has 2 heterocycles. The van der Waals surface area contributed by atoms with Gasteiger partial charge in [0.1, 0.15) is 5.82 Å². The minimum absolute atomic E-state index is 0.175. The summed E-state index contributed by atoms with van der Waals surface area (Å²) in [5.41, 5.74) is 3.90. The van der Waals surface area contributed by atoms with Crippen molar-refractivity contribution in [1.82, 2.24) is 14.9 Å². The minimum Gasteiger partial charge on any atom is -0.378 e. The minimum atomic E-state index is -1.22. The van der Waals surface area contributed by atoms with Crippen molar-refractivity contribution < 1.29 is 9.90 Å². The normalized spacial score (nSPS) is 19.6. The predicted molar refractivity (Wildman–Crippen MR) is 124 cm³/mol. The number of aliphatic hydroxyl groups is 1. The molecule has 0 radical (unpaired) electrons. The number of hydrogen-bond acceptors (Lipinski definition) is 4. The van der Waals surface area contributed by atoms with Gasteiger partial charge in [-0.2, -0.15) is 0 Å². The smallest absolute Gasteiger partial charge is 0.256 e. The molecule has 0 spiro atoms. The van der Waals surface area contributed by atoms with Crippen LogP contribution in [-0.4, -0.2) is 32.4 Å². The average molecular weight is 442 g/mol. The summed E-state index contributed by atoms with van der Waals surface area (Å²) in [4.78, 5) is 35.6. The summed E-state index contributed by atoms with van der Waals surface area (Å²) in [6.45, 7) is 0.619. The van der Waals surface area contributed by atoms with Crippen molar-refractivity contribution in [3.63, 3.8) is 0 Å². The third kappa shape index (κ3) is 3.59. The first kappa shape index (κ1) is 20.4. The molecule has 0 bridgehead atoms. The van der Waals surface area contributed by atoms with Gasteiger partial charge >= 0.3 is 0 Å². The third-order valence-electron chi connectivity index (χ3n) is 7.42. The van der Waals surface area contributed by atoms with Crippen LogP contribution in [0.3, 0.4) is 0 Å². The maximum absolute atomic E-state index is 13.1. The number of carbonyl (C=O) groups excluding carboxylic acids is 1. The molecule has 2 N–H and O–H groups in total. The van der Waals surface area contributed by atoms with Gasteiger partial charge in [-0.15, -0.1) is 0 Å². The van der Waals surface area contributed by atoms with Crippen molar-refractivity contribution in [2.45, 2.75) is 56.1 Å². The van der Waals surface area contributed by atoms with Crippen molar-refractivity contribution in [3.8, 4) is 0 Å². The van der Waals surface area contributed by atoms with Crippen LogP contribution in [0.25, 0.3) is 0 Å². The topological polar surface area (TPSA) is 86.3 Å². The molecule has 1 aromatic heterocycles. The standard InChI is InChI=1S/C27H27N3O3/c31-23(19-6-4-5-18(15-19)17-9-10-17)25(33)30-14-11-22-21(16-30)24(32)29-26(28-22)27(12-13-27)20-7-2-1-3-8-20/h1-8,15,17,23,31H,9-14,16H2,(H,28,29,32). The van der Waals surface area contributed by atoms with Crippen LogP contribution in [0.1, 0.15) is 71.5 Å². The molecule has 33 heavy (non-hydrogen) atoms. The number of aromatic nitrogens is 2. The van der Waals surface area contributed by atoms with E-state index in [4.69, 9.17) is 4.98 Å². The largest absolute Gasteiger partial charge is 0.378 e. The Kier molecular flexibility index (Phi) is 4.73. The first-order valence-corrected chi connectivity index (χ1v) is 11.8. The number of aromatic amines is 1. The Labute approximate surface area is 192 Å². The Bertz CT molecular complexity index is 1280. The number of fused-ring (bicyclic) bond motifs is 1. The van der Waals surface area contributed by atoms with Gasteiger partial charge < -0.3 is 15.0 Å². The fourth-order valence-electron chi connectivity index (χ4n) is 5.10. The molecule has 168 valence electrons. The molecule has 1 unspecified atom stereocenters. The van der Waals surface area contributed by atoms with Crippen LogP contribution in [0.2, 0.25) is 0 Å². The van der Waals surface area contributed by atoms with E-state index in [1.165, 1.54) is 24.0 Å². The van der Waals surface area contributed by atoms with E-state index in [-0.39, 0.29) is 23.4 Å². The highest BCUT2D eigenvalue weighted by Crippen LogP contribution is 2.52. The van der Waals surface area contributed by atoms with Gasteiger partial charge in [-0.1, -0.05) is 54.6 Å². The second kappa shape index (κ2) is 7.66. The zero-order valence-electron chi connectivity index (χ0n) is 18.5. The highest BCUT2D eigenvalue weighted by atomic mass is 16.3. The van der Waals surface area contributed by atoms with Crippen LogP contribution < -0.4 is 5.56 Å². The van der Waals surface area contributed by atoms with Gasteiger partial charge in [-0.05, 0) is 48.3 Å². The number of nitrogens with one attached hydrogen (secondary N) is 1. The molecule has 3 aliphatic rings. The second-order valence-corrected chi connectivity index (χ2v) is 9.64. The van der Waals surface area contributed by atoms with Crippen LogP contribution in [0.15, 0.2) is 59.4 Å². The number of carbonyl (C=O) groups is 1. The highest BCUT2D eigenvalue weighted by Gasteiger charge is 2.48. The average Bonchev–Trinajstić information content (AvgIpc) is 3.77. The molecular formula is C27H27N3O3. The Morgan fingerprint density at radius 2 is 1.91 bits per heavy atom. The van der Waals surface area contributed by atoms with Crippen LogP contribution in [0.5, 0.6) is 0 Å². The van der Waals surface area contributed by atoms with Crippen LogP contribution in [0, 0.1) is 0 Å². The molecule has 2 aliphatic carbocycles. The Morgan fingerprint density at radius 1 is 1.12 bits per heavy atom. The molecular weight excluding hydrogens is 414 g/mol. The van der Waals surface area contributed by atoms with E-state index in [2.05, 4.69) is 23.2 Å². The first-order valence-electron chi connectivity index (χ1n) is 11.8. The van der Waals surface area contributed by atoms with E-state index in [1.807, 2.05) is 30.3 Å². The lowest BCUT2D eigenvalue weighted by Gasteiger charge is -2.30. The molecule has 1 amide bonds. The molecule has 3 aromatic rings. The van der Waals surface area contributed by atoms with Crippen LogP contribution >= 0.6 is 0 Å². The van der Waals surface area contributed by atoms with Gasteiger partial charge in [-0.3, -0.25) is 9.59 Å². The van der Waals surface area contributed by atoms with Crippen LogP contribution in [0.4, 0.5) is 0 Å². The maximum Gasteiger partial charge on any atom is 0.256 e. The number of benzene rings is 2. The summed E-state index contributed by atoms with van der Waals surface area (Å²) in [6, 6.07) is 17.9. The van der Waals surface area contributed by atoms with Gasteiger partial charge in [0.2, 0.25) is 0 Å². The number of aliphatic hydroxyl groups excluding tert-OH is 1. The molecule has 6 rings (SSSR count). The van der Waals surface area contributed by atoms with Gasteiger partial charge in [0.15, 0.2) is 6.10 Å². The molecule has 2 aromatic carbocycles. The highest BCUT2D eigenvalue weighted by molar-refractivity contribution is 5.82. The summed E-state index contributed by atoms with van der Waals surface area (Å²) in [5.74, 6) is 0.924. The quantitative estimate of drug-likeness (QED) is 0.636. The summed E-state index contributed by atoms with van der Waals surface area (Å²) in [7, 11) is 0. The summed E-state index contributed by atoms with van der Waals surface area (Å²) in [5, 5.41) is 10.8. The molecule has 6 nitrogen and oxygen atoms in total. The van der Waals surface area contributed by atoms with Gasteiger partial charge in [0.05, 0.1) is 23.2 Å². The predicted octanol–water partition coefficient (Wildman–Crippen LogP) is 3.35. The van der Waals surface area contributed by atoms with E-state index in [9.17, 15) is 14.7 Å². The Morgan fingerprint density at radius 3 is 2.64 bits per heavy atom. The molecule has 6 heteroatoms. The van der Waals surface area contributed by atoms with Crippen molar-refractivity contribution in [2.75, 3.05) is 6.54 Å². The van der Waals surface area contributed by atoms with E-state index >= 15 is 0 Å². The number of amides is 1. The number of rotatable bonds is 5. The fraction of sp³-hybridized carbons (Fsp3) is 0.370. The third-order valence-corrected chi connectivity index (χ3v) is 7.42. The van der Waals surface area contributed by atoms with E-state index in [0.29, 0.717) is 30.0 Å². The molecule has 1 aliphatic heterocycles. The maximum atomic E-state index is 13.1. The van der Waals surface area contributed by atoms with Crippen LogP contribution in [-0.2, 0) is 23.2 Å². The lowest BCUT2D eigenvalue weighted by molar-refractivity contribution is -0.141. The van der Waals surface area contributed by atoms with Crippen molar-refractivity contribution in [3.05, 3.63) is 98.7 Å². The van der Waals surface area contributed by atoms with E-state index < -0.39 is 6.10 Å². The van der Waals surface area contributed by atoms with Gasteiger partial charge in [-0.25, -0.2) is 4.98 Å². The number of nitrogens with zero attached hydrogens (tertiary/aromatic N) is 2. The molecule has 2 fully saturated rings. The second-order valence-electron chi connectivity index (χ2n) is 9.64. The fourth-order valence-corrected chi connectivity index (χ4v) is 5.10. The molecule has 0 saturated heterocycles. The summed E-state index contributed by atoms with van der Waals surface area (Å²) < 4.78 is 0. The van der Waals surface area contributed by atoms with Gasteiger partial charge in [0, 0.05) is 13.0 Å². The number of H-pyrrole nitrogens is 1. The SMILES string of the molecule is O=C(C(O)c1cccc(C2CC2)c1)N1CCc2nc(C3(c4ccccc4)CC3)[nH]c(=O)c2C1. The monoisotopic (exact) mass is 441 g/mol. The lowest BCUT2D eigenvalue weighted by Crippen LogP contribution is -2.42. The zero-order valence-corrected chi connectivity index (χ0v) is 18.5. The van der Waals surface area contributed by atoms with E-state index in [1.54, 1.807) is 11.0 Å². The molecule has 1 atom stereocenters. The van der Waals surface area contributed by atoms with Gasteiger partial charge in [0.25, 0.3) is 11.5 Å². The summed E-state index contributed by atoms with van der Waals surface area (Å²) in [6.07, 6.45) is 3.56.